The summed E-state index contributed by atoms with van der Waals surface area (Å²) >= 11 is 0. The topological polar surface area (TPSA) is 71.1 Å². The average molecular weight is 402 g/mol. The first-order valence-corrected chi connectivity index (χ1v) is 10.7. The quantitative estimate of drug-likeness (QED) is 0.846. The molecule has 3 heterocycles. The lowest BCUT2D eigenvalue weighted by atomic mass is 9.93. The molecule has 0 saturated carbocycles. The average Bonchev–Trinajstić information content (AvgIpc) is 3.28. The molecule has 1 aromatic rings. The van der Waals surface area contributed by atoms with Crippen LogP contribution in [0.25, 0.3) is 0 Å². The molecule has 0 spiro atoms. The molecule has 4 rings (SSSR count). The van der Waals surface area contributed by atoms with Gasteiger partial charge in [-0.3, -0.25) is 4.79 Å². The lowest BCUT2D eigenvalue weighted by molar-refractivity contribution is -0.144. The molecule has 0 aromatic heterocycles. The van der Waals surface area contributed by atoms with Crippen LogP contribution in [0.5, 0.6) is 0 Å². The van der Waals surface area contributed by atoms with Crippen molar-refractivity contribution in [1.29, 1.82) is 0 Å². The number of likely N-dealkylation sites (tertiary alicyclic amines) is 2. The third kappa shape index (κ3) is 4.90. The summed E-state index contributed by atoms with van der Waals surface area (Å²) in [5.74, 6) is 0.288. The van der Waals surface area contributed by atoms with Crippen molar-refractivity contribution in [3.8, 4) is 0 Å². The van der Waals surface area contributed by atoms with Gasteiger partial charge in [0.05, 0.1) is 19.1 Å². The van der Waals surface area contributed by atoms with Gasteiger partial charge in [-0.05, 0) is 50.3 Å². The van der Waals surface area contributed by atoms with Crippen molar-refractivity contribution in [2.24, 2.45) is 11.8 Å². The molecule has 0 aliphatic carbocycles. The standard InChI is InChI=1S/C22H31N3O4/c1-16-5-2-8-19(13-16)23-22(27)25-10-3-6-17(14-25)20(26)24-9-4-7-18(15-24)21-28-11-12-29-21/h2,5,8,13,17-18,21H,3-4,6-7,9-12,14-15H2,1H3,(H,23,27). The molecule has 3 fully saturated rings. The van der Waals surface area contributed by atoms with Crippen LogP contribution in [0.3, 0.4) is 0 Å². The van der Waals surface area contributed by atoms with Gasteiger partial charge >= 0.3 is 6.03 Å². The number of rotatable bonds is 3. The zero-order valence-electron chi connectivity index (χ0n) is 17.1. The molecule has 1 aromatic carbocycles. The Hall–Kier alpha value is -2.12. The summed E-state index contributed by atoms with van der Waals surface area (Å²) < 4.78 is 11.3. The molecular weight excluding hydrogens is 370 g/mol. The molecule has 3 amide bonds. The lowest BCUT2D eigenvalue weighted by Crippen LogP contribution is -2.51. The lowest BCUT2D eigenvalue weighted by Gasteiger charge is -2.39. The van der Waals surface area contributed by atoms with Crippen LogP contribution in [0.15, 0.2) is 24.3 Å². The first-order chi connectivity index (χ1) is 14.1. The second kappa shape index (κ2) is 9.13. The maximum atomic E-state index is 13.2. The summed E-state index contributed by atoms with van der Waals surface area (Å²) in [6, 6.07) is 7.64. The highest BCUT2D eigenvalue weighted by molar-refractivity contribution is 5.90. The maximum Gasteiger partial charge on any atom is 0.321 e. The molecule has 3 aliphatic rings. The number of anilines is 1. The Kier molecular flexibility index (Phi) is 6.35. The summed E-state index contributed by atoms with van der Waals surface area (Å²) in [6.07, 6.45) is 3.52. The highest BCUT2D eigenvalue weighted by Crippen LogP contribution is 2.27. The second-order valence-electron chi connectivity index (χ2n) is 8.38. The first kappa shape index (κ1) is 20.2. The minimum absolute atomic E-state index is 0.127. The minimum Gasteiger partial charge on any atom is -0.350 e. The molecule has 3 saturated heterocycles. The molecule has 3 aliphatic heterocycles. The molecule has 0 bridgehead atoms. The molecule has 2 unspecified atom stereocenters. The third-order valence-electron chi connectivity index (χ3n) is 6.13. The van der Waals surface area contributed by atoms with Crippen molar-refractivity contribution in [2.75, 3.05) is 44.7 Å². The number of nitrogens with zero attached hydrogens (tertiary/aromatic N) is 2. The Morgan fingerprint density at radius 3 is 2.59 bits per heavy atom. The summed E-state index contributed by atoms with van der Waals surface area (Å²) in [6.45, 7) is 5.93. The number of benzene rings is 1. The number of piperidine rings is 2. The van der Waals surface area contributed by atoms with Gasteiger partial charge in [0.2, 0.25) is 5.91 Å². The van der Waals surface area contributed by atoms with Crippen LogP contribution in [0.2, 0.25) is 0 Å². The summed E-state index contributed by atoms with van der Waals surface area (Å²) in [5, 5.41) is 2.96. The largest absolute Gasteiger partial charge is 0.350 e. The molecule has 0 radical (unpaired) electrons. The first-order valence-electron chi connectivity index (χ1n) is 10.7. The van der Waals surface area contributed by atoms with E-state index in [2.05, 4.69) is 5.32 Å². The van der Waals surface area contributed by atoms with E-state index in [0.717, 1.165) is 43.5 Å². The van der Waals surface area contributed by atoms with E-state index in [0.29, 0.717) is 32.8 Å². The number of carbonyl (C=O) groups excluding carboxylic acids is 2. The highest BCUT2D eigenvalue weighted by atomic mass is 16.7. The van der Waals surface area contributed by atoms with E-state index < -0.39 is 0 Å². The molecule has 1 N–H and O–H groups in total. The number of ether oxygens (including phenoxy) is 2. The van der Waals surface area contributed by atoms with Crippen LogP contribution >= 0.6 is 0 Å². The maximum absolute atomic E-state index is 13.2. The van der Waals surface area contributed by atoms with E-state index in [4.69, 9.17) is 9.47 Å². The van der Waals surface area contributed by atoms with Crippen molar-refractivity contribution in [2.45, 2.75) is 38.9 Å². The summed E-state index contributed by atoms with van der Waals surface area (Å²) in [4.78, 5) is 29.6. The second-order valence-corrected chi connectivity index (χ2v) is 8.38. The molecule has 158 valence electrons. The number of nitrogens with one attached hydrogen (secondary N) is 1. The molecular formula is C22H31N3O4. The van der Waals surface area contributed by atoms with Crippen molar-refractivity contribution < 1.29 is 19.1 Å². The fourth-order valence-corrected chi connectivity index (χ4v) is 4.63. The summed E-state index contributed by atoms with van der Waals surface area (Å²) in [7, 11) is 0. The Morgan fingerprint density at radius 2 is 1.79 bits per heavy atom. The van der Waals surface area contributed by atoms with Gasteiger partial charge in [0, 0.05) is 37.8 Å². The predicted octanol–water partition coefficient (Wildman–Crippen LogP) is 2.85. The smallest absolute Gasteiger partial charge is 0.321 e. The Balaban J connectivity index is 1.33. The van der Waals surface area contributed by atoms with Crippen molar-refractivity contribution in [1.82, 2.24) is 9.80 Å². The Labute approximate surface area is 172 Å². The SMILES string of the molecule is Cc1cccc(NC(=O)N2CCCC(C(=O)N3CCCC(C4OCCO4)C3)C2)c1. The molecule has 29 heavy (non-hydrogen) atoms. The van der Waals surface area contributed by atoms with Crippen LogP contribution in [-0.4, -0.2) is 67.4 Å². The fourth-order valence-electron chi connectivity index (χ4n) is 4.63. The molecule has 7 nitrogen and oxygen atoms in total. The van der Waals surface area contributed by atoms with E-state index in [1.807, 2.05) is 36.1 Å². The van der Waals surface area contributed by atoms with E-state index in [9.17, 15) is 9.59 Å². The fraction of sp³-hybridized carbons (Fsp3) is 0.636. The number of carbonyl (C=O) groups is 2. The number of urea groups is 1. The number of hydrogen-bond donors (Lipinski definition) is 1. The monoisotopic (exact) mass is 401 g/mol. The molecule has 2 atom stereocenters. The zero-order valence-corrected chi connectivity index (χ0v) is 17.1. The van der Waals surface area contributed by atoms with E-state index in [1.54, 1.807) is 4.90 Å². The predicted molar refractivity (Wildman–Crippen MR) is 109 cm³/mol. The van der Waals surface area contributed by atoms with Crippen LogP contribution in [-0.2, 0) is 14.3 Å². The highest BCUT2D eigenvalue weighted by Gasteiger charge is 2.36. The van der Waals surface area contributed by atoms with Gasteiger partial charge in [0.1, 0.15) is 0 Å². The van der Waals surface area contributed by atoms with Crippen molar-refractivity contribution in [3.63, 3.8) is 0 Å². The Morgan fingerprint density at radius 1 is 1.03 bits per heavy atom. The minimum atomic E-state index is -0.173. The van der Waals surface area contributed by atoms with Crippen molar-refractivity contribution >= 4 is 17.6 Å². The van der Waals surface area contributed by atoms with Crippen molar-refractivity contribution in [3.05, 3.63) is 29.8 Å². The van der Waals surface area contributed by atoms with E-state index in [-0.39, 0.29) is 30.1 Å². The van der Waals surface area contributed by atoms with E-state index in [1.165, 1.54) is 0 Å². The van der Waals surface area contributed by atoms with Gasteiger partial charge in [-0.2, -0.15) is 0 Å². The summed E-state index contributed by atoms with van der Waals surface area (Å²) in [5.41, 5.74) is 1.89. The van der Waals surface area contributed by atoms with Gasteiger partial charge in [-0.1, -0.05) is 12.1 Å². The van der Waals surface area contributed by atoms with Gasteiger partial charge in [0.15, 0.2) is 6.29 Å². The third-order valence-corrected chi connectivity index (χ3v) is 6.13. The van der Waals surface area contributed by atoms with Crippen LogP contribution in [0, 0.1) is 18.8 Å². The van der Waals surface area contributed by atoms with Crippen LogP contribution in [0.1, 0.15) is 31.2 Å². The normalized spacial score (nSPS) is 25.8. The van der Waals surface area contributed by atoms with Crippen LogP contribution < -0.4 is 5.32 Å². The van der Waals surface area contributed by atoms with Gasteiger partial charge < -0.3 is 24.6 Å². The van der Waals surface area contributed by atoms with Crippen LogP contribution in [0.4, 0.5) is 10.5 Å². The van der Waals surface area contributed by atoms with Gasteiger partial charge in [0.25, 0.3) is 0 Å². The van der Waals surface area contributed by atoms with Gasteiger partial charge in [-0.25, -0.2) is 4.79 Å². The van der Waals surface area contributed by atoms with E-state index >= 15 is 0 Å². The Bertz CT molecular complexity index is 735. The molecule has 7 heteroatoms. The number of aryl methyl sites for hydroxylation is 1. The van der Waals surface area contributed by atoms with Gasteiger partial charge in [-0.15, -0.1) is 0 Å². The number of hydrogen-bond acceptors (Lipinski definition) is 4. The number of amides is 3. The zero-order chi connectivity index (χ0) is 20.2.